The van der Waals surface area contributed by atoms with Gasteiger partial charge in [-0.2, -0.15) is 0 Å². The Morgan fingerprint density at radius 2 is 1.93 bits per heavy atom. The van der Waals surface area contributed by atoms with Crippen LogP contribution in [0.2, 0.25) is 0 Å². The Bertz CT molecular complexity index is 367. The first kappa shape index (κ1) is 9.22. The summed E-state index contributed by atoms with van der Waals surface area (Å²) in [5.74, 6) is 0.887. The Labute approximate surface area is 89.9 Å². The molecule has 80 valence electrons. The van der Waals surface area contributed by atoms with Gasteiger partial charge >= 0.3 is 0 Å². The molecule has 3 rings (SSSR count). The van der Waals surface area contributed by atoms with Crippen LogP contribution in [0.5, 0.6) is 5.75 Å². The van der Waals surface area contributed by atoms with Gasteiger partial charge in [-0.05, 0) is 31.7 Å². The first-order valence-corrected chi connectivity index (χ1v) is 5.75. The molecule has 1 saturated carbocycles. The van der Waals surface area contributed by atoms with Gasteiger partial charge in [0.2, 0.25) is 0 Å². The summed E-state index contributed by atoms with van der Waals surface area (Å²) in [6, 6.07) is 7.86. The van der Waals surface area contributed by atoms with Gasteiger partial charge in [-0.25, -0.2) is 0 Å². The van der Waals surface area contributed by atoms with E-state index in [4.69, 9.17) is 4.74 Å². The van der Waals surface area contributed by atoms with Crippen molar-refractivity contribution in [3.63, 3.8) is 0 Å². The highest BCUT2D eigenvalue weighted by Gasteiger charge is 2.42. The molecule has 0 amide bonds. The Balaban J connectivity index is 1.98. The average Bonchev–Trinajstić information content (AvgIpc) is 2.66. The summed E-state index contributed by atoms with van der Waals surface area (Å²) in [5.41, 5.74) is 0.892. The molecule has 0 aromatic heterocycles. The molecule has 1 aliphatic heterocycles. The average molecular weight is 204 g/mol. The molecule has 1 aromatic carbocycles. The van der Waals surface area contributed by atoms with Crippen LogP contribution >= 0.6 is 0 Å². The number of hydrogen-bond donors (Lipinski definition) is 1. The molecular formula is C13H16O2. The van der Waals surface area contributed by atoms with E-state index in [1.807, 2.05) is 24.3 Å². The highest BCUT2D eigenvalue weighted by molar-refractivity contribution is 5.38. The van der Waals surface area contributed by atoms with Crippen molar-refractivity contribution in [3.8, 4) is 5.75 Å². The lowest BCUT2D eigenvalue weighted by atomic mass is 9.88. The summed E-state index contributed by atoms with van der Waals surface area (Å²) in [5, 5.41) is 10.1. The quantitative estimate of drug-likeness (QED) is 0.704. The normalized spacial score (nSPS) is 27.4. The topological polar surface area (TPSA) is 29.5 Å². The van der Waals surface area contributed by atoms with Crippen molar-refractivity contribution in [2.45, 2.75) is 43.8 Å². The molecule has 1 atom stereocenters. The lowest BCUT2D eigenvalue weighted by molar-refractivity contribution is -0.00936. The van der Waals surface area contributed by atoms with Crippen LogP contribution in [0.1, 0.15) is 43.8 Å². The van der Waals surface area contributed by atoms with Crippen LogP contribution in [0.3, 0.4) is 0 Å². The van der Waals surface area contributed by atoms with Crippen molar-refractivity contribution in [2.24, 2.45) is 0 Å². The van der Waals surface area contributed by atoms with E-state index in [1.54, 1.807) is 0 Å². The molecular weight excluding hydrogens is 188 g/mol. The summed E-state index contributed by atoms with van der Waals surface area (Å²) in [6.07, 6.45) is 5.08. The number of ether oxygens (including phenoxy) is 1. The molecule has 0 unspecified atom stereocenters. The fourth-order valence-electron chi connectivity index (χ4n) is 2.91. The van der Waals surface area contributed by atoms with Gasteiger partial charge in [0.05, 0.1) is 6.10 Å². The predicted molar refractivity (Wildman–Crippen MR) is 57.8 cm³/mol. The second-order valence-electron chi connectivity index (χ2n) is 4.75. The smallest absolute Gasteiger partial charge is 0.125 e. The van der Waals surface area contributed by atoms with Crippen molar-refractivity contribution in [1.82, 2.24) is 0 Å². The van der Waals surface area contributed by atoms with E-state index >= 15 is 0 Å². The molecule has 2 heteroatoms. The van der Waals surface area contributed by atoms with Gasteiger partial charge < -0.3 is 9.84 Å². The van der Waals surface area contributed by atoms with Crippen molar-refractivity contribution in [1.29, 1.82) is 0 Å². The molecule has 1 heterocycles. The zero-order chi connectivity index (χ0) is 10.3. The largest absolute Gasteiger partial charge is 0.487 e. The van der Waals surface area contributed by atoms with Gasteiger partial charge in [-0.15, -0.1) is 0 Å². The van der Waals surface area contributed by atoms with E-state index in [0.29, 0.717) is 0 Å². The predicted octanol–water partition coefficient (Wildman–Crippen LogP) is 2.82. The highest BCUT2D eigenvalue weighted by atomic mass is 16.5. The molecule has 0 radical (unpaired) electrons. The summed E-state index contributed by atoms with van der Waals surface area (Å²) in [7, 11) is 0. The van der Waals surface area contributed by atoms with Crippen LogP contribution in [0.4, 0.5) is 0 Å². The van der Waals surface area contributed by atoms with Crippen molar-refractivity contribution in [3.05, 3.63) is 29.8 Å². The van der Waals surface area contributed by atoms with Crippen LogP contribution in [0.15, 0.2) is 24.3 Å². The SMILES string of the molecule is O[C@H]1CC2(CCCC2)Oc2ccccc21. The number of aliphatic hydroxyl groups is 1. The molecule has 1 aliphatic carbocycles. The van der Waals surface area contributed by atoms with Crippen LogP contribution in [0, 0.1) is 0 Å². The number of aliphatic hydroxyl groups excluding tert-OH is 1. The van der Waals surface area contributed by atoms with Gasteiger partial charge in [0.15, 0.2) is 0 Å². The van der Waals surface area contributed by atoms with E-state index in [2.05, 4.69) is 0 Å². The first-order chi connectivity index (χ1) is 7.29. The molecule has 1 spiro atoms. The maximum atomic E-state index is 10.1. The number of hydrogen-bond acceptors (Lipinski definition) is 2. The Kier molecular flexibility index (Phi) is 1.99. The summed E-state index contributed by atoms with van der Waals surface area (Å²) in [4.78, 5) is 0. The van der Waals surface area contributed by atoms with Gasteiger partial charge in [-0.3, -0.25) is 0 Å². The summed E-state index contributed by atoms with van der Waals surface area (Å²) in [6.45, 7) is 0. The highest BCUT2D eigenvalue weighted by Crippen LogP contribution is 2.46. The molecule has 2 nitrogen and oxygen atoms in total. The number of benzene rings is 1. The number of para-hydroxylation sites is 1. The minimum absolute atomic E-state index is 0.0617. The number of rotatable bonds is 0. The second-order valence-corrected chi connectivity index (χ2v) is 4.75. The molecule has 0 bridgehead atoms. The van der Waals surface area contributed by atoms with E-state index in [-0.39, 0.29) is 11.7 Å². The molecule has 2 aliphatic rings. The maximum absolute atomic E-state index is 10.1. The third kappa shape index (κ3) is 1.44. The monoisotopic (exact) mass is 204 g/mol. The van der Waals surface area contributed by atoms with Crippen LogP contribution in [-0.4, -0.2) is 10.7 Å². The lowest BCUT2D eigenvalue weighted by Gasteiger charge is -2.38. The standard InChI is InChI=1S/C13H16O2/c14-11-9-13(7-3-4-8-13)15-12-6-2-1-5-10(11)12/h1-2,5-6,11,14H,3-4,7-9H2/t11-/m0/s1. The third-order valence-corrected chi connectivity index (χ3v) is 3.68. The lowest BCUT2D eigenvalue weighted by Crippen LogP contribution is -2.38. The van der Waals surface area contributed by atoms with Crippen LogP contribution in [-0.2, 0) is 0 Å². The van der Waals surface area contributed by atoms with E-state index in [1.165, 1.54) is 12.8 Å². The first-order valence-electron chi connectivity index (χ1n) is 5.75. The van der Waals surface area contributed by atoms with Gasteiger partial charge in [0, 0.05) is 12.0 Å². The van der Waals surface area contributed by atoms with E-state index < -0.39 is 0 Å². The van der Waals surface area contributed by atoms with E-state index in [9.17, 15) is 5.11 Å². The fraction of sp³-hybridized carbons (Fsp3) is 0.538. The van der Waals surface area contributed by atoms with Gasteiger partial charge in [0.1, 0.15) is 11.4 Å². The fourth-order valence-corrected chi connectivity index (χ4v) is 2.91. The number of fused-ring (bicyclic) bond motifs is 1. The molecule has 1 fully saturated rings. The van der Waals surface area contributed by atoms with Gasteiger partial charge in [-0.1, -0.05) is 18.2 Å². The van der Waals surface area contributed by atoms with Gasteiger partial charge in [0.25, 0.3) is 0 Å². The summed E-state index contributed by atoms with van der Waals surface area (Å²) < 4.78 is 6.09. The van der Waals surface area contributed by atoms with E-state index in [0.717, 1.165) is 30.6 Å². The third-order valence-electron chi connectivity index (χ3n) is 3.68. The molecule has 1 N–H and O–H groups in total. The minimum atomic E-state index is -0.340. The molecule has 0 saturated heterocycles. The zero-order valence-corrected chi connectivity index (χ0v) is 8.78. The van der Waals surface area contributed by atoms with Crippen LogP contribution in [0.25, 0.3) is 0 Å². The Hall–Kier alpha value is -1.02. The zero-order valence-electron chi connectivity index (χ0n) is 8.78. The minimum Gasteiger partial charge on any atom is -0.487 e. The maximum Gasteiger partial charge on any atom is 0.125 e. The van der Waals surface area contributed by atoms with Crippen molar-refractivity contribution < 1.29 is 9.84 Å². The molecule has 1 aromatic rings. The Morgan fingerprint density at radius 1 is 1.20 bits per heavy atom. The van der Waals surface area contributed by atoms with Crippen molar-refractivity contribution >= 4 is 0 Å². The second kappa shape index (κ2) is 3.24. The van der Waals surface area contributed by atoms with Crippen molar-refractivity contribution in [2.75, 3.05) is 0 Å². The molecule has 15 heavy (non-hydrogen) atoms. The van der Waals surface area contributed by atoms with Crippen LogP contribution < -0.4 is 4.74 Å². The summed E-state index contributed by atoms with van der Waals surface area (Å²) >= 11 is 0. The Morgan fingerprint density at radius 3 is 2.73 bits per heavy atom.